The molecule has 0 unspecified atom stereocenters. The maximum atomic E-state index is 8.74. The predicted octanol–water partition coefficient (Wildman–Crippen LogP) is 5.43. The molecule has 0 N–H and O–H groups in total. The maximum Gasteiger partial charge on any atom is 0.0944 e. The molecule has 0 aromatic carbocycles. The number of hydrogen-bond acceptors (Lipinski definition) is 2. The summed E-state index contributed by atoms with van der Waals surface area (Å²) in [5.74, 6) is 0. The van der Waals surface area contributed by atoms with Gasteiger partial charge in [-0.25, -0.2) is 0 Å². The fourth-order valence-corrected chi connectivity index (χ4v) is 2.09. The highest BCUT2D eigenvalue weighted by Crippen LogP contribution is 2.06. The van der Waals surface area contributed by atoms with E-state index in [1.165, 1.54) is 51.4 Å². The van der Waals surface area contributed by atoms with Crippen molar-refractivity contribution < 1.29 is 0 Å². The Morgan fingerprint density at radius 3 is 1.95 bits per heavy atom. The normalized spacial score (nSPS) is 11.8. The van der Waals surface area contributed by atoms with E-state index in [1.54, 1.807) is 0 Å². The first-order valence-corrected chi connectivity index (χ1v) is 8.23. The molecule has 0 radical (unpaired) electrons. The van der Waals surface area contributed by atoms with Gasteiger partial charge in [0, 0.05) is 18.7 Å². The molecule has 0 bridgehead atoms. The summed E-state index contributed by atoms with van der Waals surface area (Å²) < 4.78 is 0. The van der Waals surface area contributed by atoms with Crippen LogP contribution in [0.2, 0.25) is 0 Å². The maximum absolute atomic E-state index is 8.74. The molecule has 20 heavy (non-hydrogen) atoms. The summed E-state index contributed by atoms with van der Waals surface area (Å²) in [6.45, 7) is 8.62. The van der Waals surface area contributed by atoms with Gasteiger partial charge >= 0.3 is 0 Å². The Kier molecular flexibility index (Phi) is 13.3. The van der Waals surface area contributed by atoms with Crippen molar-refractivity contribution in [3.05, 3.63) is 23.9 Å². The zero-order chi connectivity index (χ0) is 15.1. The van der Waals surface area contributed by atoms with Crippen LogP contribution in [0.25, 0.3) is 0 Å². The van der Waals surface area contributed by atoms with E-state index in [0.29, 0.717) is 0 Å². The highest BCUT2D eigenvalue weighted by atomic mass is 15.1. The summed E-state index contributed by atoms with van der Waals surface area (Å²) in [7, 11) is 0. The van der Waals surface area contributed by atoms with E-state index < -0.39 is 0 Å². The number of nitrogens with zero attached hydrogens (tertiary/aromatic N) is 2. The number of rotatable bonds is 12. The Bertz CT molecular complexity index is 298. The fourth-order valence-electron chi connectivity index (χ4n) is 2.09. The van der Waals surface area contributed by atoms with Crippen molar-refractivity contribution in [1.29, 1.82) is 5.26 Å². The van der Waals surface area contributed by atoms with Crippen LogP contribution in [0.3, 0.4) is 0 Å². The van der Waals surface area contributed by atoms with Gasteiger partial charge in [-0.1, -0.05) is 52.4 Å². The van der Waals surface area contributed by atoms with E-state index in [9.17, 15) is 0 Å². The minimum Gasteiger partial charge on any atom is -0.377 e. The molecule has 0 aliphatic rings. The SMILES string of the molecule is CCCCCCN(C=CC=C(C)C#N)CCCCCC. The van der Waals surface area contributed by atoms with Crippen molar-refractivity contribution in [3.8, 4) is 6.07 Å². The van der Waals surface area contributed by atoms with Crippen LogP contribution in [0.4, 0.5) is 0 Å². The van der Waals surface area contributed by atoms with Crippen LogP contribution in [0.5, 0.6) is 0 Å². The zero-order valence-corrected chi connectivity index (χ0v) is 13.7. The monoisotopic (exact) mass is 276 g/mol. The fraction of sp³-hybridized carbons (Fsp3) is 0.722. The van der Waals surface area contributed by atoms with Gasteiger partial charge in [-0.05, 0) is 38.1 Å². The Labute approximate surface area is 126 Å². The van der Waals surface area contributed by atoms with Gasteiger partial charge in [-0.3, -0.25) is 0 Å². The van der Waals surface area contributed by atoms with Crippen LogP contribution in [0.15, 0.2) is 23.9 Å². The van der Waals surface area contributed by atoms with Gasteiger partial charge in [0.05, 0.1) is 6.07 Å². The quantitative estimate of drug-likeness (QED) is 0.270. The van der Waals surface area contributed by atoms with E-state index in [-0.39, 0.29) is 0 Å². The van der Waals surface area contributed by atoms with Crippen molar-refractivity contribution in [3.63, 3.8) is 0 Å². The summed E-state index contributed by atoms with van der Waals surface area (Å²) >= 11 is 0. The first-order chi connectivity index (χ1) is 9.74. The Hall–Kier alpha value is -1.23. The molecule has 0 aromatic heterocycles. The lowest BCUT2D eigenvalue weighted by molar-refractivity contribution is 0.351. The second-order valence-corrected chi connectivity index (χ2v) is 5.46. The molecule has 0 heterocycles. The largest absolute Gasteiger partial charge is 0.377 e. The molecule has 0 saturated heterocycles. The van der Waals surface area contributed by atoms with Crippen LogP contribution in [0.1, 0.15) is 72.1 Å². The van der Waals surface area contributed by atoms with Gasteiger partial charge in [0.15, 0.2) is 0 Å². The molecular weight excluding hydrogens is 244 g/mol. The summed E-state index contributed by atoms with van der Waals surface area (Å²) in [4.78, 5) is 2.41. The molecule has 0 saturated carbocycles. The van der Waals surface area contributed by atoms with Crippen LogP contribution in [-0.2, 0) is 0 Å². The minimum atomic E-state index is 0.762. The molecular formula is C18H32N2. The second-order valence-electron chi connectivity index (χ2n) is 5.46. The molecule has 2 heteroatoms. The van der Waals surface area contributed by atoms with Crippen LogP contribution >= 0.6 is 0 Å². The third-order valence-corrected chi connectivity index (χ3v) is 3.42. The standard InChI is InChI=1S/C18H32N2/c1-4-6-8-10-14-20(15-11-9-7-5-2)16-12-13-18(3)17-19/h12-13,16H,4-11,14-15H2,1-3H3. The van der Waals surface area contributed by atoms with Crippen molar-refractivity contribution in [2.24, 2.45) is 0 Å². The molecule has 0 aromatic rings. The molecule has 0 rings (SSSR count). The molecule has 0 fully saturated rings. The Morgan fingerprint density at radius 1 is 0.950 bits per heavy atom. The van der Waals surface area contributed by atoms with E-state index in [1.807, 2.05) is 19.1 Å². The predicted molar refractivity (Wildman–Crippen MR) is 88.4 cm³/mol. The first kappa shape index (κ1) is 18.8. The molecule has 0 atom stereocenters. The van der Waals surface area contributed by atoms with Gasteiger partial charge in [-0.2, -0.15) is 5.26 Å². The smallest absolute Gasteiger partial charge is 0.0944 e. The van der Waals surface area contributed by atoms with Gasteiger partial charge < -0.3 is 4.90 Å². The zero-order valence-electron chi connectivity index (χ0n) is 13.7. The summed E-state index contributed by atoms with van der Waals surface area (Å²) in [5, 5.41) is 8.74. The van der Waals surface area contributed by atoms with Gasteiger partial charge in [0.25, 0.3) is 0 Å². The highest BCUT2D eigenvalue weighted by Gasteiger charge is 1.99. The highest BCUT2D eigenvalue weighted by molar-refractivity contribution is 5.22. The van der Waals surface area contributed by atoms with E-state index >= 15 is 0 Å². The first-order valence-electron chi connectivity index (χ1n) is 8.23. The Morgan fingerprint density at radius 2 is 1.50 bits per heavy atom. The third kappa shape index (κ3) is 11.8. The van der Waals surface area contributed by atoms with E-state index in [2.05, 4.69) is 31.0 Å². The molecule has 0 amide bonds. The molecule has 114 valence electrons. The van der Waals surface area contributed by atoms with Gasteiger partial charge in [0.2, 0.25) is 0 Å². The average molecular weight is 276 g/mol. The van der Waals surface area contributed by atoms with Gasteiger partial charge in [-0.15, -0.1) is 0 Å². The number of allylic oxidation sites excluding steroid dienone is 3. The number of unbranched alkanes of at least 4 members (excludes halogenated alkanes) is 6. The van der Waals surface area contributed by atoms with E-state index in [0.717, 1.165) is 18.7 Å². The topological polar surface area (TPSA) is 27.0 Å². The van der Waals surface area contributed by atoms with Crippen molar-refractivity contribution in [2.75, 3.05) is 13.1 Å². The van der Waals surface area contributed by atoms with Crippen LogP contribution < -0.4 is 0 Å². The second kappa shape index (κ2) is 14.2. The van der Waals surface area contributed by atoms with Gasteiger partial charge in [0.1, 0.15) is 0 Å². The lowest BCUT2D eigenvalue weighted by Crippen LogP contribution is -2.20. The molecule has 0 aliphatic heterocycles. The van der Waals surface area contributed by atoms with Crippen molar-refractivity contribution in [2.45, 2.75) is 72.1 Å². The average Bonchev–Trinajstić information content (AvgIpc) is 2.47. The summed E-state index contributed by atoms with van der Waals surface area (Å²) in [5.41, 5.74) is 0.762. The van der Waals surface area contributed by atoms with Crippen LogP contribution in [-0.4, -0.2) is 18.0 Å². The van der Waals surface area contributed by atoms with Crippen molar-refractivity contribution >= 4 is 0 Å². The molecule has 0 spiro atoms. The lowest BCUT2D eigenvalue weighted by atomic mass is 10.2. The Balaban J connectivity index is 4.13. The molecule has 2 nitrogen and oxygen atoms in total. The van der Waals surface area contributed by atoms with Crippen molar-refractivity contribution in [1.82, 2.24) is 4.90 Å². The molecule has 0 aliphatic carbocycles. The number of hydrogen-bond donors (Lipinski definition) is 0. The van der Waals surface area contributed by atoms with E-state index in [4.69, 9.17) is 5.26 Å². The number of nitriles is 1. The lowest BCUT2D eigenvalue weighted by Gasteiger charge is -2.20. The summed E-state index contributed by atoms with van der Waals surface area (Å²) in [6, 6.07) is 2.15. The third-order valence-electron chi connectivity index (χ3n) is 3.42. The van der Waals surface area contributed by atoms with Crippen LogP contribution in [0, 0.1) is 11.3 Å². The summed E-state index contributed by atoms with van der Waals surface area (Å²) in [6.07, 6.45) is 16.5. The minimum absolute atomic E-state index is 0.762.